The van der Waals surface area contributed by atoms with Gasteiger partial charge in [-0.05, 0) is 25.0 Å². The number of hydrogen-bond donors (Lipinski definition) is 1. The maximum atomic E-state index is 13.7. The lowest BCUT2D eigenvalue weighted by Crippen LogP contribution is -2.54. The van der Waals surface area contributed by atoms with Crippen molar-refractivity contribution in [2.45, 2.75) is 31.7 Å². The van der Waals surface area contributed by atoms with Crippen LogP contribution < -0.4 is 5.32 Å². The van der Waals surface area contributed by atoms with Crippen molar-refractivity contribution in [2.24, 2.45) is 0 Å². The number of amides is 3. The van der Waals surface area contributed by atoms with E-state index in [0.29, 0.717) is 32.2 Å². The Bertz CT molecular complexity index is 579. The van der Waals surface area contributed by atoms with Gasteiger partial charge in [0, 0.05) is 32.2 Å². The normalized spacial score (nSPS) is 19.0. The van der Waals surface area contributed by atoms with Crippen LogP contribution in [0, 0.1) is 5.82 Å². The van der Waals surface area contributed by atoms with Gasteiger partial charge in [-0.2, -0.15) is 0 Å². The fraction of sp³-hybridized carbons (Fsp3) is 0.529. The molecule has 6 heteroatoms. The van der Waals surface area contributed by atoms with E-state index in [2.05, 4.69) is 5.32 Å². The van der Waals surface area contributed by atoms with Crippen LogP contribution in [0.3, 0.4) is 0 Å². The summed E-state index contributed by atoms with van der Waals surface area (Å²) < 4.78 is 13.7. The topological polar surface area (TPSA) is 52.7 Å². The molecule has 1 heterocycles. The predicted molar refractivity (Wildman–Crippen MR) is 84.7 cm³/mol. The molecule has 1 saturated heterocycles. The van der Waals surface area contributed by atoms with Gasteiger partial charge < -0.3 is 15.1 Å². The van der Waals surface area contributed by atoms with Gasteiger partial charge in [-0.1, -0.05) is 25.0 Å². The number of carbonyl (C=O) groups excluding carboxylic acids is 2. The van der Waals surface area contributed by atoms with E-state index in [0.717, 1.165) is 12.8 Å². The molecule has 2 aliphatic rings. The Morgan fingerprint density at radius 2 is 1.61 bits per heavy atom. The second-order valence-corrected chi connectivity index (χ2v) is 6.19. The summed E-state index contributed by atoms with van der Waals surface area (Å²) in [6.07, 6.45) is 4.46. The Kier molecular flexibility index (Phi) is 4.79. The number of nitrogens with one attached hydrogen (secondary N) is 1. The van der Waals surface area contributed by atoms with Crippen molar-refractivity contribution in [3.05, 3.63) is 35.6 Å². The second-order valence-electron chi connectivity index (χ2n) is 6.19. The molecule has 1 saturated carbocycles. The van der Waals surface area contributed by atoms with Gasteiger partial charge in [0.15, 0.2) is 0 Å². The molecule has 1 N–H and O–H groups in total. The molecule has 23 heavy (non-hydrogen) atoms. The third-order valence-corrected chi connectivity index (χ3v) is 4.64. The van der Waals surface area contributed by atoms with Crippen molar-refractivity contribution < 1.29 is 14.0 Å². The summed E-state index contributed by atoms with van der Waals surface area (Å²) in [5, 5.41) is 3.06. The van der Waals surface area contributed by atoms with Crippen molar-refractivity contribution in [3.8, 4) is 0 Å². The Balaban J connectivity index is 1.52. The van der Waals surface area contributed by atoms with Crippen LogP contribution in [0.5, 0.6) is 0 Å². The molecule has 1 aromatic carbocycles. The third-order valence-electron chi connectivity index (χ3n) is 4.64. The second kappa shape index (κ2) is 6.98. The molecule has 1 aromatic rings. The maximum Gasteiger partial charge on any atom is 0.317 e. The summed E-state index contributed by atoms with van der Waals surface area (Å²) in [7, 11) is 0. The van der Waals surface area contributed by atoms with Gasteiger partial charge in [-0.3, -0.25) is 4.79 Å². The van der Waals surface area contributed by atoms with E-state index in [1.54, 1.807) is 21.9 Å². The van der Waals surface area contributed by atoms with E-state index >= 15 is 0 Å². The number of rotatable bonds is 2. The summed E-state index contributed by atoms with van der Waals surface area (Å²) in [6, 6.07) is 6.25. The fourth-order valence-corrected chi connectivity index (χ4v) is 3.25. The Hall–Kier alpha value is -2.11. The van der Waals surface area contributed by atoms with Crippen LogP contribution in [0.25, 0.3) is 0 Å². The van der Waals surface area contributed by atoms with E-state index in [4.69, 9.17) is 0 Å². The van der Waals surface area contributed by atoms with Crippen LogP contribution in [-0.2, 0) is 0 Å². The lowest BCUT2D eigenvalue weighted by Gasteiger charge is -2.35. The summed E-state index contributed by atoms with van der Waals surface area (Å²) in [5.74, 6) is -0.808. The van der Waals surface area contributed by atoms with Crippen LogP contribution in [-0.4, -0.2) is 54.0 Å². The molecule has 0 bridgehead atoms. The first kappa shape index (κ1) is 15.8. The van der Waals surface area contributed by atoms with Gasteiger partial charge >= 0.3 is 6.03 Å². The van der Waals surface area contributed by atoms with Crippen molar-refractivity contribution in [1.82, 2.24) is 15.1 Å². The average Bonchev–Trinajstić information content (AvgIpc) is 3.08. The number of urea groups is 1. The van der Waals surface area contributed by atoms with Gasteiger partial charge in [-0.15, -0.1) is 0 Å². The minimum Gasteiger partial charge on any atom is -0.335 e. The van der Waals surface area contributed by atoms with E-state index in [1.807, 2.05) is 0 Å². The highest BCUT2D eigenvalue weighted by atomic mass is 19.1. The molecule has 2 fully saturated rings. The van der Waals surface area contributed by atoms with E-state index < -0.39 is 5.82 Å². The summed E-state index contributed by atoms with van der Waals surface area (Å²) in [6.45, 7) is 1.84. The van der Waals surface area contributed by atoms with Crippen LogP contribution in [0.2, 0.25) is 0 Å². The van der Waals surface area contributed by atoms with Gasteiger partial charge in [0.05, 0.1) is 5.56 Å². The lowest BCUT2D eigenvalue weighted by molar-refractivity contribution is 0.0659. The summed E-state index contributed by atoms with van der Waals surface area (Å²) in [5.41, 5.74) is 0.0938. The van der Waals surface area contributed by atoms with Crippen LogP contribution in [0.1, 0.15) is 36.0 Å². The highest BCUT2D eigenvalue weighted by molar-refractivity contribution is 5.94. The Morgan fingerprint density at radius 3 is 2.26 bits per heavy atom. The molecular weight excluding hydrogens is 297 g/mol. The van der Waals surface area contributed by atoms with Gasteiger partial charge in [0.1, 0.15) is 5.82 Å². The van der Waals surface area contributed by atoms with Crippen molar-refractivity contribution in [3.63, 3.8) is 0 Å². The summed E-state index contributed by atoms with van der Waals surface area (Å²) in [4.78, 5) is 27.9. The molecule has 124 valence electrons. The molecule has 0 atom stereocenters. The number of nitrogens with zero attached hydrogens (tertiary/aromatic N) is 2. The quantitative estimate of drug-likeness (QED) is 0.909. The Labute approximate surface area is 135 Å². The molecular formula is C17H22FN3O2. The minimum absolute atomic E-state index is 0.0464. The van der Waals surface area contributed by atoms with Crippen molar-refractivity contribution >= 4 is 11.9 Å². The zero-order valence-corrected chi connectivity index (χ0v) is 13.1. The first-order valence-electron chi connectivity index (χ1n) is 8.24. The predicted octanol–water partition coefficient (Wildman–Crippen LogP) is 2.24. The largest absolute Gasteiger partial charge is 0.335 e. The maximum absolute atomic E-state index is 13.7. The Morgan fingerprint density at radius 1 is 1.00 bits per heavy atom. The highest BCUT2D eigenvalue weighted by Crippen LogP contribution is 2.18. The number of halogens is 1. The smallest absolute Gasteiger partial charge is 0.317 e. The fourth-order valence-electron chi connectivity index (χ4n) is 3.25. The van der Waals surface area contributed by atoms with Crippen LogP contribution in [0.4, 0.5) is 9.18 Å². The molecule has 0 unspecified atom stereocenters. The lowest BCUT2D eigenvalue weighted by atomic mass is 10.1. The van der Waals surface area contributed by atoms with Crippen molar-refractivity contribution in [1.29, 1.82) is 0 Å². The van der Waals surface area contributed by atoms with Crippen LogP contribution in [0.15, 0.2) is 24.3 Å². The molecule has 0 aromatic heterocycles. The number of hydrogen-bond acceptors (Lipinski definition) is 2. The van der Waals surface area contributed by atoms with Gasteiger partial charge in [-0.25, -0.2) is 9.18 Å². The van der Waals surface area contributed by atoms with E-state index in [9.17, 15) is 14.0 Å². The minimum atomic E-state index is -0.501. The van der Waals surface area contributed by atoms with Crippen LogP contribution >= 0.6 is 0 Å². The standard InChI is InChI=1S/C17H22FN3O2/c18-15-8-4-3-7-14(15)16(22)20-9-11-21(12-10-20)17(23)19-13-5-1-2-6-13/h3-4,7-8,13H,1-2,5-6,9-12H2,(H,19,23). The van der Waals surface area contributed by atoms with E-state index in [1.165, 1.54) is 25.0 Å². The van der Waals surface area contributed by atoms with Gasteiger partial charge in [0.2, 0.25) is 0 Å². The molecule has 0 radical (unpaired) electrons. The highest BCUT2D eigenvalue weighted by Gasteiger charge is 2.27. The first-order valence-corrected chi connectivity index (χ1v) is 8.24. The number of benzene rings is 1. The monoisotopic (exact) mass is 319 g/mol. The zero-order valence-electron chi connectivity index (χ0n) is 13.1. The number of carbonyl (C=O) groups is 2. The van der Waals surface area contributed by atoms with E-state index in [-0.39, 0.29) is 17.5 Å². The SMILES string of the molecule is O=C(NC1CCCC1)N1CCN(C(=O)c2ccccc2F)CC1. The van der Waals surface area contributed by atoms with Gasteiger partial charge in [0.25, 0.3) is 5.91 Å². The zero-order chi connectivity index (χ0) is 16.2. The summed E-state index contributed by atoms with van der Waals surface area (Å²) >= 11 is 0. The molecule has 0 spiro atoms. The molecule has 1 aliphatic carbocycles. The first-order chi connectivity index (χ1) is 11.1. The third kappa shape index (κ3) is 3.63. The molecule has 3 rings (SSSR count). The average molecular weight is 319 g/mol. The molecule has 1 aliphatic heterocycles. The van der Waals surface area contributed by atoms with Crippen molar-refractivity contribution in [2.75, 3.05) is 26.2 Å². The molecule has 5 nitrogen and oxygen atoms in total. The number of piperazine rings is 1. The molecule has 3 amide bonds.